The zero-order chi connectivity index (χ0) is 18.1. The fraction of sp³-hybridized carbons (Fsp3) is 0.286. The molecule has 0 radical (unpaired) electrons. The summed E-state index contributed by atoms with van der Waals surface area (Å²) in [6, 6.07) is 6.75. The third-order valence-electron chi connectivity index (χ3n) is 3.18. The highest BCUT2D eigenvalue weighted by Crippen LogP contribution is 2.24. The molecule has 0 saturated carbocycles. The van der Waals surface area contributed by atoms with E-state index in [1.54, 1.807) is 6.92 Å². The predicted octanol–water partition coefficient (Wildman–Crippen LogP) is 1.92. The van der Waals surface area contributed by atoms with Crippen molar-refractivity contribution < 1.29 is 21.2 Å². The fourth-order valence-corrected chi connectivity index (χ4v) is 5.55. The summed E-state index contributed by atoms with van der Waals surface area (Å²) in [7, 11) is -4.76. The lowest BCUT2D eigenvalue weighted by molar-refractivity contribution is 0.523. The van der Waals surface area contributed by atoms with Crippen LogP contribution in [0.4, 0.5) is 4.39 Å². The molecule has 0 bridgehead atoms. The molecule has 24 heavy (non-hydrogen) atoms. The fourth-order valence-electron chi connectivity index (χ4n) is 1.83. The van der Waals surface area contributed by atoms with E-state index >= 15 is 0 Å². The number of sulfonamides is 2. The van der Waals surface area contributed by atoms with Crippen LogP contribution in [0, 0.1) is 12.7 Å². The Morgan fingerprint density at radius 1 is 1.12 bits per heavy atom. The Morgan fingerprint density at radius 2 is 1.79 bits per heavy atom. The van der Waals surface area contributed by atoms with Crippen molar-refractivity contribution in [1.29, 1.82) is 0 Å². The molecule has 0 fully saturated rings. The Labute approximate surface area is 145 Å². The van der Waals surface area contributed by atoms with Gasteiger partial charge in [-0.05, 0) is 36.8 Å². The first kappa shape index (κ1) is 19.0. The number of aryl methyl sites for hydroxylation is 1. The maximum Gasteiger partial charge on any atom is 0.252 e. The number of nitrogens with one attached hydrogen (secondary N) is 1. The Morgan fingerprint density at radius 3 is 2.42 bits per heavy atom. The smallest absolute Gasteiger partial charge is 0.207 e. The second-order valence-corrected chi connectivity index (χ2v) is 10.5. The highest BCUT2D eigenvalue weighted by Gasteiger charge is 2.22. The van der Waals surface area contributed by atoms with Crippen molar-refractivity contribution >= 4 is 31.4 Å². The molecule has 10 heteroatoms. The van der Waals surface area contributed by atoms with Crippen LogP contribution < -0.4 is 4.72 Å². The van der Waals surface area contributed by atoms with Gasteiger partial charge in [0.15, 0.2) is 0 Å². The lowest BCUT2D eigenvalue weighted by Gasteiger charge is -2.09. The number of benzene rings is 1. The van der Waals surface area contributed by atoms with Crippen molar-refractivity contribution in [2.24, 2.45) is 0 Å². The van der Waals surface area contributed by atoms with Crippen molar-refractivity contribution in [3.8, 4) is 0 Å². The summed E-state index contributed by atoms with van der Waals surface area (Å²) >= 11 is 0.961. The number of halogens is 1. The minimum absolute atomic E-state index is 0.114. The van der Waals surface area contributed by atoms with E-state index in [2.05, 4.69) is 4.72 Å². The van der Waals surface area contributed by atoms with Crippen LogP contribution in [0.3, 0.4) is 0 Å². The zero-order valence-corrected chi connectivity index (χ0v) is 15.7. The highest BCUT2D eigenvalue weighted by atomic mass is 32.2. The molecule has 6 nitrogen and oxygen atoms in total. The van der Waals surface area contributed by atoms with E-state index in [1.807, 2.05) is 0 Å². The summed E-state index contributed by atoms with van der Waals surface area (Å²) in [5.41, 5.74) is 0.618. The monoisotopic (exact) mass is 392 g/mol. The van der Waals surface area contributed by atoms with E-state index < -0.39 is 30.8 Å². The van der Waals surface area contributed by atoms with E-state index in [0.29, 0.717) is 10.4 Å². The van der Waals surface area contributed by atoms with E-state index in [-0.39, 0.29) is 10.8 Å². The van der Waals surface area contributed by atoms with Crippen LogP contribution in [0.5, 0.6) is 0 Å². The van der Waals surface area contributed by atoms with Crippen molar-refractivity contribution in [1.82, 2.24) is 9.03 Å². The van der Waals surface area contributed by atoms with Crippen LogP contribution in [-0.4, -0.2) is 35.2 Å². The van der Waals surface area contributed by atoms with Gasteiger partial charge < -0.3 is 0 Å². The van der Waals surface area contributed by atoms with Crippen molar-refractivity contribution in [3.05, 3.63) is 46.6 Å². The minimum atomic E-state index is -4.03. The number of rotatable bonds is 6. The third-order valence-corrected chi connectivity index (χ3v) is 7.97. The topological polar surface area (TPSA) is 83.5 Å². The highest BCUT2D eigenvalue weighted by molar-refractivity contribution is 7.91. The molecular weight excluding hydrogens is 375 g/mol. The lowest BCUT2D eigenvalue weighted by atomic mass is 10.2. The van der Waals surface area contributed by atoms with E-state index in [4.69, 9.17) is 0 Å². The molecule has 0 aliphatic carbocycles. The van der Waals surface area contributed by atoms with Gasteiger partial charge in [-0.2, -0.15) is 0 Å². The molecule has 0 amide bonds. The van der Waals surface area contributed by atoms with Gasteiger partial charge in [0.25, 0.3) is 10.0 Å². The van der Waals surface area contributed by atoms with E-state index in [9.17, 15) is 21.2 Å². The van der Waals surface area contributed by atoms with Gasteiger partial charge in [-0.15, -0.1) is 11.3 Å². The van der Waals surface area contributed by atoms with E-state index in [0.717, 1.165) is 21.7 Å². The molecule has 0 unspecified atom stereocenters. The predicted molar refractivity (Wildman–Crippen MR) is 90.4 cm³/mol. The first-order chi connectivity index (χ1) is 11.0. The van der Waals surface area contributed by atoms with Gasteiger partial charge in [0.2, 0.25) is 10.0 Å². The van der Waals surface area contributed by atoms with Crippen LogP contribution in [0.1, 0.15) is 10.4 Å². The summed E-state index contributed by atoms with van der Waals surface area (Å²) in [4.78, 5) is 0.0762. The van der Waals surface area contributed by atoms with Crippen molar-refractivity contribution in [3.63, 3.8) is 0 Å². The molecule has 0 spiro atoms. The summed E-state index contributed by atoms with van der Waals surface area (Å²) < 4.78 is 65.7. The Kier molecular flexibility index (Phi) is 5.45. The zero-order valence-electron chi connectivity index (χ0n) is 13.3. The maximum absolute atomic E-state index is 13.7. The summed E-state index contributed by atoms with van der Waals surface area (Å²) in [5, 5.41) is 0. The molecule has 0 saturated heterocycles. The first-order valence-electron chi connectivity index (χ1n) is 6.81. The second kappa shape index (κ2) is 6.89. The molecule has 0 aliphatic heterocycles. The molecule has 0 atom stereocenters. The largest absolute Gasteiger partial charge is 0.252 e. The van der Waals surface area contributed by atoms with Gasteiger partial charge in [-0.1, -0.05) is 6.07 Å². The molecule has 2 rings (SSSR count). The summed E-state index contributed by atoms with van der Waals surface area (Å²) in [6.07, 6.45) is 0. The molecule has 132 valence electrons. The van der Waals surface area contributed by atoms with E-state index in [1.165, 1.54) is 38.4 Å². The molecule has 1 aromatic carbocycles. The molecule has 0 aliphatic rings. The van der Waals surface area contributed by atoms with Crippen LogP contribution in [0.2, 0.25) is 0 Å². The van der Waals surface area contributed by atoms with Crippen LogP contribution in [0.25, 0.3) is 0 Å². The van der Waals surface area contributed by atoms with Crippen LogP contribution in [0.15, 0.2) is 39.4 Å². The average molecular weight is 392 g/mol. The Hall–Kier alpha value is -1.33. The quantitative estimate of drug-likeness (QED) is 0.814. The molecule has 1 N–H and O–H groups in total. The Bertz CT molecular complexity index is 950. The standard InChI is InChI=1S/C14H17FN2O4S3/c1-10-4-6-12(15)13(8-10)23(18,19)16-9-11-5-7-14(22-11)24(20,21)17(2)3/h4-8,16H,9H2,1-3H3. The van der Waals surface area contributed by atoms with Gasteiger partial charge in [0.1, 0.15) is 14.9 Å². The first-order valence-corrected chi connectivity index (χ1v) is 10.5. The molecule has 2 aromatic rings. The number of hydrogen-bond donors (Lipinski definition) is 1. The van der Waals surface area contributed by atoms with Gasteiger partial charge in [0.05, 0.1) is 0 Å². The van der Waals surface area contributed by atoms with Crippen molar-refractivity contribution in [2.45, 2.75) is 22.6 Å². The van der Waals surface area contributed by atoms with Gasteiger partial charge >= 0.3 is 0 Å². The molecule has 1 heterocycles. The summed E-state index contributed by atoms with van der Waals surface area (Å²) in [6.45, 7) is 1.54. The van der Waals surface area contributed by atoms with Gasteiger partial charge in [-0.25, -0.2) is 30.3 Å². The average Bonchev–Trinajstić information content (AvgIpc) is 2.97. The molecule has 1 aromatic heterocycles. The maximum atomic E-state index is 13.7. The number of hydrogen-bond acceptors (Lipinski definition) is 5. The van der Waals surface area contributed by atoms with Gasteiger partial charge in [0, 0.05) is 25.5 Å². The number of nitrogens with zero attached hydrogens (tertiary/aromatic N) is 1. The Balaban J connectivity index is 2.19. The van der Waals surface area contributed by atoms with Crippen LogP contribution >= 0.6 is 11.3 Å². The summed E-state index contributed by atoms with van der Waals surface area (Å²) in [5.74, 6) is -0.838. The van der Waals surface area contributed by atoms with Crippen molar-refractivity contribution in [2.75, 3.05) is 14.1 Å². The minimum Gasteiger partial charge on any atom is -0.207 e. The second-order valence-electron chi connectivity index (χ2n) is 5.27. The van der Waals surface area contributed by atoms with Crippen LogP contribution in [-0.2, 0) is 26.6 Å². The lowest BCUT2D eigenvalue weighted by Crippen LogP contribution is -2.24. The normalized spacial score (nSPS) is 12.7. The van der Waals surface area contributed by atoms with Gasteiger partial charge in [-0.3, -0.25) is 0 Å². The molecular formula is C14H17FN2O4S3. The number of thiophene rings is 1. The SMILES string of the molecule is Cc1ccc(F)c(S(=O)(=O)NCc2ccc(S(=O)(=O)N(C)C)s2)c1. The third kappa shape index (κ3) is 4.01.